The van der Waals surface area contributed by atoms with Crippen LogP contribution in [-0.2, 0) is 11.8 Å². The number of alkyl halides is 3. The zero-order valence-corrected chi connectivity index (χ0v) is 22.9. The molecule has 4 heterocycles. The van der Waals surface area contributed by atoms with Crippen LogP contribution in [0.15, 0.2) is 42.7 Å². The van der Waals surface area contributed by atoms with Crippen LogP contribution in [0.3, 0.4) is 0 Å². The Balaban J connectivity index is 1.78. The lowest BCUT2D eigenvalue weighted by Crippen LogP contribution is -2.60. The molecule has 2 aliphatic heterocycles. The molecule has 2 aromatic heterocycles. The Bertz CT molecular complexity index is 1370. The number of nitrogens with zero attached hydrogens (tertiary/aromatic N) is 5. The molecule has 5 rings (SSSR count). The number of nitriles is 1. The van der Waals surface area contributed by atoms with Crippen molar-refractivity contribution in [3.05, 3.63) is 70.7 Å². The van der Waals surface area contributed by atoms with Crippen molar-refractivity contribution in [3.63, 3.8) is 0 Å². The van der Waals surface area contributed by atoms with Crippen LogP contribution in [-0.4, -0.2) is 57.1 Å². The van der Waals surface area contributed by atoms with E-state index >= 15 is 0 Å². The number of primary amides is 1. The van der Waals surface area contributed by atoms with Crippen LogP contribution in [0.25, 0.3) is 11.3 Å². The Kier molecular flexibility index (Phi) is 8.42. The van der Waals surface area contributed by atoms with Crippen molar-refractivity contribution in [2.45, 2.75) is 63.2 Å². The van der Waals surface area contributed by atoms with Crippen molar-refractivity contribution in [1.82, 2.24) is 25.0 Å². The number of hydrogen-bond acceptors (Lipinski definition) is 6. The number of amides is 1. The highest BCUT2D eigenvalue weighted by Gasteiger charge is 2.49. The Morgan fingerprint density at radius 3 is 2.00 bits per heavy atom. The Hall–Kier alpha value is -3.75. The van der Waals surface area contributed by atoms with E-state index in [1.165, 1.54) is 6.07 Å². The van der Waals surface area contributed by atoms with E-state index in [1.807, 2.05) is 6.07 Å². The van der Waals surface area contributed by atoms with Crippen LogP contribution in [0.4, 0.5) is 13.2 Å². The molecule has 216 valence electrons. The van der Waals surface area contributed by atoms with Gasteiger partial charge in [-0.3, -0.25) is 24.7 Å². The summed E-state index contributed by atoms with van der Waals surface area (Å²) in [5.74, 6) is -0.722. The van der Waals surface area contributed by atoms with E-state index in [4.69, 9.17) is 5.73 Å². The first-order valence-corrected chi connectivity index (χ1v) is 14.2. The van der Waals surface area contributed by atoms with Gasteiger partial charge in [-0.2, -0.15) is 23.5 Å². The summed E-state index contributed by atoms with van der Waals surface area (Å²) in [7, 11) is 0. The second-order valence-corrected chi connectivity index (χ2v) is 10.8. The fraction of sp³-hybridized carbons (Fsp3) is 0.467. The van der Waals surface area contributed by atoms with Gasteiger partial charge >= 0.3 is 6.18 Å². The number of carbonyl (C=O) groups is 1. The standard InChI is InChI=1S/C30H34F3N7O/c31-30(32,33)23-11-12-26(36-19-23)29(39-13-5-1-2-6-14-39,40-15-7-3-4-8-16-40)25-20-37-38-27(25)21-9-10-22(18-34)24(17-21)28(35)41/h9-12,17,19-20H,1-8,13-16H2,(H2,35,41)(H,37,38). The van der Waals surface area contributed by atoms with E-state index in [2.05, 4.69) is 25.0 Å². The molecule has 0 saturated carbocycles. The minimum Gasteiger partial charge on any atom is -0.366 e. The maximum absolute atomic E-state index is 13.6. The first-order chi connectivity index (χ1) is 19.8. The van der Waals surface area contributed by atoms with E-state index in [-0.39, 0.29) is 11.1 Å². The molecule has 0 bridgehead atoms. The van der Waals surface area contributed by atoms with Crippen LogP contribution in [0.2, 0.25) is 0 Å². The average Bonchev–Trinajstić information content (AvgIpc) is 3.13. The molecule has 2 aliphatic rings. The van der Waals surface area contributed by atoms with E-state index in [9.17, 15) is 23.2 Å². The first kappa shape index (κ1) is 28.8. The molecular formula is C30H34F3N7O. The topological polar surface area (TPSA) is 115 Å². The Morgan fingerprint density at radius 2 is 1.51 bits per heavy atom. The molecule has 2 saturated heterocycles. The molecule has 3 aromatic rings. The molecule has 41 heavy (non-hydrogen) atoms. The van der Waals surface area contributed by atoms with E-state index < -0.39 is 23.3 Å². The van der Waals surface area contributed by atoms with Crippen LogP contribution in [0.1, 0.15) is 84.1 Å². The first-order valence-electron chi connectivity index (χ1n) is 14.2. The summed E-state index contributed by atoms with van der Waals surface area (Å²) in [6.45, 7) is 2.96. The van der Waals surface area contributed by atoms with Gasteiger partial charge in [0.15, 0.2) is 0 Å². The van der Waals surface area contributed by atoms with Gasteiger partial charge in [0.25, 0.3) is 0 Å². The van der Waals surface area contributed by atoms with E-state index in [0.717, 1.165) is 95.4 Å². The molecule has 11 heteroatoms. The third-order valence-electron chi connectivity index (χ3n) is 8.28. The van der Waals surface area contributed by atoms with Gasteiger partial charge in [-0.15, -0.1) is 0 Å². The minimum atomic E-state index is -4.51. The lowest BCUT2D eigenvalue weighted by atomic mass is 9.87. The molecule has 0 radical (unpaired) electrons. The molecule has 1 aromatic carbocycles. The quantitative estimate of drug-likeness (QED) is 0.413. The van der Waals surface area contributed by atoms with E-state index in [0.29, 0.717) is 17.0 Å². The second-order valence-electron chi connectivity index (χ2n) is 10.8. The zero-order chi connectivity index (χ0) is 29.0. The SMILES string of the molecule is N#Cc1ccc(-c2[nH]ncc2C(c2ccc(C(F)(F)F)cn2)(N2CCCCCC2)N2CCCCCC2)cc1C(N)=O. The predicted molar refractivity (Wildman–Crippen MR) is 147 cm³/mol. The van der Waals surface area contributed by atoms with Gasteiger partial charge in [-0.05, 0) is 49.9 Å². The van der Waals surface area contributed by atoms with Gasteiger partial charge in [0.1, 0.15) is 5.66 Å². The fourth-order valence-electron chi connectivity index (χ4n) is 6.33. The van der Waals surface area contributed by atoms with Gasteiger partial charge in [-0.25, -0.2) is 0 Å². The Labute approximate surface area is 237 Å². The second kappa shape index (κ2) is 12.0. The number of rotatable bonds is 6. The van der Waals surface area contributed by atoms with Crippen molar-refractivity contribution < 1.29 is 18.0 Å². The van der Waals surface area contributed by atoms with Crippen molar-refractivity contribution in [1.29, 1.82) is 5.26 Å². The lowest BCUT2D eigenvalue weighted by Gasteiger charge is -2.50. The van der Waals surface area contributed by atoms with Crippen molar-refractivity contribution >= 4 is 5.91 Å². The highest BCUT2D eigenvalue weighted by Crippen LogP contribution is 2.45. The number of likely N-dealkylation sites (tertiary alicyclic amines) is 2. The van der Waals surface area contributed by atoms with Crippen molar-refractivity contribution in [2.24, 2.45) is 5.73 Å². The fourth-order valence-corrected chi connectivity index (χ4v) is 6.33. The van der Waals surface area contributed by atoms with Gasteiger partial charge in [-0.1, -0.05) is 31.7 Å². The highest BCUT2D eigenvalue weighted by molar-refractivity contribution is 5.96. The molecular weight excluding hydrogens is 531 g/mol. The summed E-state index contributed by atoms with van der Waals surface area (Å²) in [5.41, 5.74) is 6.51. The maximum atomic E-state index is 13.6. The number of halogens is 3. The van der Waals surface area contributed by atoms with Gasteiger partial charge in [0.05, 0.1) is 40.3 Å². The molecule has 0 spiro atoms. The van der Waals surface area contributed by atoms with Crippen molar-refractivity contribution in [2.75, 3.05) is 26.2 Å². The molecule has 8 nitrogen and oxygen atoms in total. The largest absolute Gasteiger partial charge is 0.417 e. The monoisotopic (exact) mass is 565 g/mol. The number of hydrogen-bond donors (Lipinski definition) is 2. The molecule has 2 fully saturated rings. The molecule has 0 unspecified atom stereocenters. The number of carbonyl (C=O) groups excluding carboxylic acids is 1. The smallest absolute Gasteiger partial charge is 0.366 e. The minimum absolute atomic E-state index is 0.0911. The summed E-state index contributed by atoms with van der Waals surface area (Å²) in [5, 5.41) is 17.0. The molecule has 1 amide bonds. The summed E-state index contributed by atoms with van der Waals surface area (Å²) in [6, 6.07) is 9.49. The number of aromatic amines is 1. The summed E-state index contributed by atoms with van der Waals surface area (Å²) in [4.78, 5) is 21.5. The third kappa shape index (κ3) is 5.59. The maximum Gasteiger partial charge on any atom is 0.417 e. The third-order valence-corrected chi connectivity index (χ3v) is 8.28. The average molecular weight is 566 g/mol. The number of pyridine rings is 1. The molecule has 3 N–H and O–H groups in total. The number of benzene rings is 1. The van der Waals surface area contributed by atoms with Crippen LogP contribution in [0, 0.1) is 11.3 Å². The van der Waals surface area contributed by atoms with Gasteiger partial charge < -0.3 is 5.73 Å². The Morgan fingerprint density at radius 1 is 0.902 bits per heavy atom. The van der Waals surface area contributed by atoms with E-state index in [1.54, 1.807) is 24.4 Å². The number of H-pyrrole nitrogens is 1. The predicted octanol–water partition coefficient (Wildman–Crippen LogP) is 5.41. The normalized spacial score (nSPS) is 17.9. The summed E-state index contributed by atoms with van der Waals surface area (Å²) < 4.78 is 40.9. The van der Waals surface area contributed by atoms with Crippen LogP contribution >= 0.6 is 0 Å². The van der Waals surface area contributed by atoms with Crippen LogP contribution < -0.4 is 5.73 Å². The van der Waals surface area contributed by atoms with Gasteiger partial charge in [0, 0.05) is 43.5 Å². The van der Waals surface area contributed by atoms with Crippen molar-refractivity contribution in [3.8, 4) is 17.3 Å². The molecule has 0 aliphatic carbocycles. The summed E-state index contributed by atoms with van der Waals surface area (Å²) in [6.07, 6.45) is 6.24. The lowest BCUT2D eigenvalue weighted by molar-refractivity contribution is -0.137. The zero-order valence-electron chi connectivity index (χ0n) is 22.9. The van der Waals surface area contributed by atoms with Gasteiger partial charge in [0.2, 0.25) is 5.91 Å². The number of aromatic nitrogens is 3. The summed E-state index contributed by atoms with van der Waals surface area (Å²) >= 11 is 0. The number of nitrogens with one attached hydrogen (secondary N) is 1. The number of nitrogens with two attached hydrogens (primary N) is 1. The van der Waals surface area contributed by atoms with Crippen LogP contribution in [0.5, 0.6) is 0 Å². The highest BCUT2D eigenvalue weighted by atomic mass is 19.4. The molecule has 0 atom stereocenters.